The molecule has 3 rings (SSSR count). The summed E-state index contributed by atoms with van der Waals surface area (Å²) in [5, 5.41) is 12.4. The molecule has 134 valence electrons. The van der Waals surface area contributed by atoms with Gasteiger partial charge in [0.1, 0.15) is 5.75 Å². The van der Waals surface area contributed by atoms with Gasteiger partial charge in [-0.15, -0.1) is 0 Å². The maximum atomic E-state index is 12.3. The third-order valence-electron chi connectivity index (χ3n) is 4.49. The molecule has 0 radical (unpaired) electrons. The van der Waals surface area contributed by atoms with Crippen LogP contribution in [0.25, 0.3) is 0 Å². The molecule has 6 heteroatoms. The van der Waals surface area contributed by atoms with Crippen molar-refractivity contribution in [2.45, 2.75) is 39.2 Å². The maximum absolute atomic E-state index is 12.3. The number of nitrogens with one attached hydrogen (secondary N) is 1. The Morgan fingerprint density at radius 3 is 2.77 bits per heavy atom. The number of amides is 1. The van der Waals surface area contributed by atoms with Crippen LogP contribution in [0.3, 0.4) is 0 Å². The molecule has 1 saturated heterocycles. The van der Waals surface area contributed by atoms with Gasteiger partial charge in [-0.25, -0.2) is 4.98 Å². The van der Waals surface area contributed by atoms with Crippen LogP contribution in [-0.2, 0) is 4.79 Å². The smallest absolute Gasteiger partial charge is 0.245 e. The second kappa shape index (κ2) is 7.54. The lowest BCUT2D eigenvalue weighted by Gasteiger charge is -2.15. The lowest BCUT2D eigenvalue weighted by molar-refractivity contribution is -0.118. The molecule has 1 N–H and O–H groups in total. The van der Waals surface area contributed by atoms with Crippen LogP contribution >= 0.6 is 0 Å². The van der Waals surface area contributed by atoms with Gasteiger partial charge in [0.05, 0.1) is 36.2 Å². The van der Waals surface area contributed by atoms with Crippen LogP contribution in [0.15, 0.2) is 36.5 Å². The fraction of sp³-hybridized carbons (Fsp3) is 0.350. The molecule has 2 aromatic rings. The van der Waals surface area contributed by atoms with E-state index in [1.54, 1.807) is 29.3 Å². The maximum Gasteiger partial charge on any atom is 0.245 e. The number of anilines is 1. The number of hydrogen-bond donors (Lipinski definition) is 1. The number of ether oxygens (including phenoxy) is 1. The number of aromatic nitrogens is 1. The number of rotatable bonds is 5. The first-order valence-electron chi connectivity index (χ1n) is 8.76. The van der Waals surface area contributed by atoms with E-state index in [2.05, 4.69) is 16.4 Å². The number of benzene rings is 1. The largest absolute Gasteiger partial charge is 0.439 e. The Labute approximate surface area is 153 Å². The standard InChI is InChI=1S/C20H22N4O2/c1-4-18-20(25)24(12-23-18)15-6-8-19(22-11-15)26-16-7-5-14(10-21)17(9-16)13(2)3/h5-9,11,13,18,23H,4,12H2,1-3H3/t18-/m1/s1. The first-order valence-corrected chi connectivity index (χ1v) is 8.76. The molecular weight excluding hydrogens is 328 g/mol. The molecule has 1 aliphatic rings. The summed E-state index contributed by atoms with van der Waals surface area (Å²) in [6, 6.07) is 11.0. The molecule has 0 unspecified atom stereocenters. The van der Waals surface area contributed by atoms with Crippen molar-refractivity contribution in [3.63, 3.8) is 0 Å². The lowest BCUT2D eigenvalue weighted by atomic mass is 9.98. The number of nitriles is 1. The van der Waals surface area contributed by atoms with Crippen LogP contribution in [0.2, 0.25) is 0 Å². The van der Waals surface area contributed by atoms with Gasteiger partial charge in [0.2, 0.25) is 11.8 Å². The molecule has 1 fully saturated rings. The van der Waals surface area contributed by atoms with Gasteiger partial charge in [0, 0.05) is 6.07 Å². The van der Waals surface area contributed by atoms with Crippen LogP contribution in [0, 0.1) is 11.3 Å². The van der Waals surface area contributed by atoms with Crippen molar-refractivity contribution >= 4 is 11.6 Å². The number of hydrogen-bond acceptors (Lipinski definition) is 5. The van der Waals surface area contributed by atoms with Gasteiger partial charge in [-0.3, -0.25) is 15.0 Å². The Balaban J connectivity index is 1.75. The van der Waals surface area contributed by atoms with Crippen LogP contribution < -0.4 is 15.0 Å². The molecule has 1 aromatic heterocycles. The van der Waals surface area contributed by atoms with Crippen LogP contribution in [-0.4, -0.2) is 23.6 Å². The molecule has 1 amide bonds. The highest BCUT2D eigenvalue weighted by Gasteiger charge is 2.30. The molecular formula is C20H22N4O2. The van der Waals surface area contributed by atoms with E-state index in [1.165, 1.54) is 0 Å². The second-order valence-electron chi connectivity index (χ2n) is 6.56. The first kappa shape index (κ1) is 17.9. The molecule has 6 nitrogen and oxygen atoms in total. The average molecular weight is 350 g/mol. The minimum atomic E-state index is -0.126. The molecule has 26 heavy (non-hydrogen) atoms. The molecule has 1 aromatic carbocycles. The quantitative estimate of drug-likeness (QED) is 0.892. The van der Waals surface area contributed by atoms with Gasteiger partial charge in [-0.2, -0.15) is 5.26 Å². The predicted molar refractivity (Wildman–Crippen MR) is 99.1 cm³/mol. The Kier molecular flexibility index (Phi) is 5.19. The van der Waals surface area contributed by atoms with Crippen molar-refractivity contribution in [2.75, 3.05) is 11.6 Å². The zero-order valence-electron chi connectivity index (χ0n) is 15.2. The average Bonchev–Trinajstić information content (AvgIpc) is 3.03. The third kappa shape index (κ3) is 3.53. The van der Waals surface area contributed by atoms with E-state index < -0.39 is 0 Å². The summed E-state index contributed by atoms with van der Waals surface area (Å²) in [4.78, 5) is 18.2. The van der Waals surface area contributed by atoms with E-state index in [9.17, 15) is 10.1 Å². The van der Waals surface area contributed by atoms with Gasteiger partial charge in [-0.05, 0) is 42.2 Å². The van der Waals surface area contributed by atoms with Crippen molar-refractivity contribution in [3.05, 3.63) is 47.7 Å². The summed E-state index contributed by atoms with van der Waals surface area (Å²) in [6.07, 6.45) is 2.40. The first-order chi connectivity index (χ1) is 12.5. The SMILES string of the molecule is CC[C@H]1NCN(c2ccc(Oc3ccc(C#N)c(C(C)C)c3)nc2)C1=O. The van der Waals surface area contributed by atoms with Crippen molar-refractivity contribution in [1.29, 1.82) is 5.26 Å². The molecule has 0 bridgehead atoms. The summed E-state index contributed by atoms with van der Waals surface area (Å²) < 4.78 is 5.82. The number of pyridine rings is 1. The van der Waals surface area contributed by atoms with Gasteiger partial charge in [-0.1, -0.05) is 20.8 Å². The van der Waals surface area contributed by atoms with Gasteiger partial charge in [0.15, 0.2) is 0 Å². The van der Waals surface area contributed by atoms with Gasteiger partial charge in [0.25, 0.3) is 0 Å². The van der Waals surface area contributed by atoms with Crippen molar-refractivity contribution in [2.24, 2.45) is 0 Å². The van der Waals surface area contributed by atoms with E-state index >= 15 is 0 Å². The predicted octanol–water partition coefficient (Wildman–Crippen LogP) is 3.54. The van der Waals surface area contributed by atoms with Gasteiger partial charge >= 0.3 is 0 Å². The summed E-state index contributed by atoms with van der Waals surface area (Å²) in [5.41, 5.74) is 2.34. The Morgan fingerprint density at radius 1 is 1.38 bits per heavy atom. The highest BCUT2D eigenvalue weighted by atomic mass is 16.5. The number of carbonyl (C=O) groups is 1. The zero-order valence-corrected chi connectivity index (χ0v) is 15.2. The Hall–Kier alpha value is -2.91. The minimum absolute atomic E-state index is 0.0663. The van der Waals surface area contributed by atoms with Crippen LogP contribution in [0.5, 0.6) is 11.6 Å². The van der Waals surface area contributed by atoms with Crippen molar-refractivity contribution in [1.82, 2.24) is 10.3 Å². The third-order valence-corrected chi connectivity index (χ3v) is 4.49. The summed E-state index contributed by atoms with van der Waals surface area (Å²) in [7, 11) is 0. The van der Waals surface area contributed by atoms with E-state index in [-0.39, 0.29) is 17.9 Å². The fourth-order valence-electron chi connectivity index (χ4n) is 2.99. The van der Waals surface area contributed by atoms with E-state index in [0.717, 1.165) is 17.7 Å². The highest BCUT2D eigenvalue weighted by Crippen LogP contribution is 2.28. The van der Waals surface area contributed by atoms with Crippen LogP contribution in [0.1, 0.15) is 44.2 Å². The van der Waals surface area contributed by atoms with Crippen LogP contribution in [0.4, 0.5) is 5.69 Å². The number of nitrogens with zero attached hydrogens (tertiary/aromatic N) is 3. The van der Waals surface area contributed by atoms with E-state index in [1.807, 2.05) is 32.9 Å². The minimum Gasteiger partial charge on any atom is -0.439 e. The van der Waals surface area contributed by atoms with Crippen molar-refractivity contribution < 1.29 is 9.53 Å². The number of carbonyl (C=O) groups excluding carboxylic acids is 1. The highest BCUT2D eigenvalue weighted by molar-refractivity contribution is 5.99. The van der Waals surface area contributed by atoms with E-state index in [0.29, 0.717) is 23.9 Å². The van der Waals surface area contributed by atoms with E-state index in [4.69, 9.17) is 4.74 Å². The molecule has 1 aliphatic heterocycles. The summed E-state index contributed by atoms with van der Waals surface area (Å²) in [5.74, 6) is 1.37. The fourth-order valence-corrected chi connectivity index (χ4v) is 2.99. The molecule has 2 heterocycles. The molecule has 1 atom stereocenters. The summed E-state index contributed by atoms with van der Waals surface area (Å²) in [6.45, 7) is 6.55. The van der Waals surface area contributed by atoms with Crippen molar-refractivity contribution in [3.8, 4) is 17.7 Å². The normalized spacial score (nSPS) is 16.8. The summed E-state index contributed by atoms with van der Waals surface area (Å²) >= 11 is 0. The molecule has 0 spiro atoms. The topological polar surface area (TPSA) is 78.2 Å². The Morgan fingerprint density at radius 2 is 2.19 bits per heavy atom. The monoisotopic (exact) mass is 350 g/mol. The second-order valence-corrected chi connectivity index (χ2v) is 6.56. The lowest BCUT2D eigenvalue weighted by Crippen LogP contribution is -2.29. The molecule has 0 saturated carbocycles. The van der Waals surface area contributed by atoms with Gasteiger partial charge < -0.3 is 4.74 Å². The Bertz CT molecular complexity index is 840. The zero-order chi connectivity index (χ0) is 18.7. The molecule has 0 aliphatic carbocycles.